The third-order valence-electron chi connectivity index (χ3n) is 23.6. The van der Waals surface area contributed by atoms with Gasteiger partial charge in [0.25, 0.3) is 50.4 Å². The third kappa shape index (κ3) is 12.3. The second kappa shape index (κ2) is 29.8. The van der Waals surface area contributed by atoms with Crippen molar-refractivity contribution in [2.75, 3.05) is 32.8 Å². The van der Waals surface area contributed by atoms with Crippen molar-refractivity contribution < 1.29 is 60.4 Å². The van der Waals surface area contributed by atoms with E-state index in [4.69, 9.17) is 24.0 Å². The predicted molar refractivity (Wildman–Crippen MR) is 420 cm³/mol. The molecule has 7 amide bonds. The zero-order chi connectivity index (χ0) is 74.0. The van der Waals surface area contributed by atoms with Crippen molar-refractivity contribution in [3.05, 3.63) is 166 Å². The summed E-state index contributed by atoms with van der Waals surface area (Å²) >= 11 is 0. The minimum absolute atomic E-state index is 0.174. The number of hydrogen-bond donors (Lipinski definition) is 1. The largest absolute Gasteiger partial charge is 0.500 e. The number of nitrogens with zero attached hydrogens (tertiary/aromatic N) is 4. The summed E-state index contributed by atoms with van der Waals surface area (Å²) in [6, 6.07) is 35.7. The highest BCUT2D eigenvalue weighted by Crippen LogP contribution is 2.51. The first-order valence-electron chi connectivity index (χ1n) is 38.1. The first-order valence-corrected chi connectivity index (χ1v) is 42.4. The average Bonchev–Trinajstić information content (AvgIpc) is 0.693. The Morgan fingerprint density at radius 2 is 0.717 bits per heavy atom. The van der Waals surface area contributed by atoms with Crippen LogP contribution >= 0.6 is 10.7 Å². The minimum Gasteiger partial charge on any atom is -0.377 e. The Bertz CT molecular complexity index is 5330. The Kier molecular flexibility index (Phi) is 20.4. The van der Waals surface area contributed by atoms with Gasteiger partial charge in [-0.05, 0) is 157 Å². The predicted octanol–water partition coefficient (Wildman–Crippen LogP) is 19.5. The summed E-state index contributed by atoms with van der Waals surface area (Å²) in [5.41, 5.74) is 3.92. The Balaban J connectivity index is 0.569. The number of aliphatic hydroxyl groups is 1. The van der Waals surface area contributed by atoms with Crippen LogP contribution in [0.5, 0.6) is 0 Å². The van der Waals surface area contributed by atoms with Gasteiger partial charge in [0, 0.05) is 128 Å². The van der Waals surface area contributed by atoms with Gasteiger partial charge in [-0.2, -0.15) is 0 Å². The number of carbonyl (C=O) groups excluding carboxylic acids is 7. The van der Waals surface area contributed by atoms with Crippen LogP contribution in [0.3, 0.4) is 0 Å². The van der Waals surface area contributed by atoms with Crippen LogP contribution in [0, 0.1) is 0 Å². The summed E-state index contributed by atoms with van der Waals surface area (Å²) in [4.78, 5) is 108. The van der Waals surface area contributed by atoms with Gasteiger partial charge in [0.2, 0.25) is 0 Å². The zero-order valence-corrected chi connectivity index (χ0v) is 63.5. The lowest BCUT2D eigenvalue weighted by atomic mass is 9.81. The van der Waals surface area contributed by atoms with Crippen LogP contribution in [-0.2, 0) is 22.3 Å². The van der Waals surface area contributed by atoms with Crippen LogP contribution in [0.2, 0.25) is 6.04 Å². The van der Waals surface area contributed by atoms with Gasteiger partial charge in [-0.15, -0.1) is 0 Å². The van der Waals surface area contributed by atoms with E-state index in [2.05, 4.69) is 13.8 Å². The van der Waals surface area contributed by atoms with E-state index in [0.29, 0.717) is 78.5 Å². The number of carbonyl (C=O) groups is 7. The molecule has 0 fully saturated rings. The normalized spacial score (nSPS) is 16.1. The molecular formula is C86H89ClN4O13SSi. The summed E-state index contributed by atoms with van der Waals surface area (Å²) in [5, 5.41) is 24.3. The molecule has 106 heavy (non-hydrogen) atoms. The van der Waals surface area contributed by atoms with Crippen LogP contribution in [0.4, 0.5) is 5.69 Å². The second-order valence-electron chi connectivity index (χ2n) is 29.6. The lowest BCUT2D eigenvalue weighted by Gasteiger charge is -2.35. The van der Waals surface area contributed by atoms with Gasteiger partial charge in [-0.3, -0.25) is 53.2 Å². The summed E-state index contributed by atoms with van der Waals surface area (Å²) < 4.78 is 41.4. The molecule has 11 aromatic rings. The Morgan fingerprint density at radius 1 is 0.396 bits per heavy atom. The molecule has 3 unspecified atom stereocenters. The van der Waals surface area contributed by atoms with Crippen LogP contribution < -0.4 is 4.90 Å². The first kappa shape index (κ1) is 72.8. The molecule has 4 aliphatic rings. The summed E-state index contributed by atoms with van der Waals surface area (Å²) in [6.45, 7) is 4.54. The number of halogens is 1. The summed E-state index contributed by atoms with van der Waals surface area (Å²) in [6.07, 6.45) is 20.5. The van der Waals surface area contributed by atoms with E-state index in [-0.39, 0.29) is 64.7 Å². The number of hydrogen-bond acceptors (Lipinski definition) is 13. The molecule has 15 rings (SSSR count). The van der Waals surface area contributed by atoms with Crippen LogP contribution in [0.1, 0.15) is 246 Å². The van der Waals surface area contributed by atoms with E-state index >= 15 is 19.2 Å². The fraction of sp³-hybridized carbons (Fsp3) is 0.384. The summed E-state index contributed by atoms with van der Waals surface area (Å²) in [5.74, 6) is -2.30. The molecule has 20 heteroatoms. The lowest BCUT2D eigenvalue weighted by Crippen LogP contribution is -2.47. The van der Waals surface area contributed by atoms with Gasteiger partial charge in [-0.25, -0.2) is 8.42 Å². The van der Waals surface area contributed by atoms with E-state index in [9.17, 15) is 27.9 Å². The van der Waals surface area contributed by atoms with Crippen molar-refractivity contribution in [1.29, 1.82) is 0 Å². The molecule has 0 aliphatic carbocycles. The topological polar surface area (TPSA) is 215 Å². The van der Waals surface area contributed by atoms with E-state index in [1.165, 1.54) is 28.0 Å². The van der Waals surface area contributed by atoms with Gasteiger partial charge in [0.15, 0.2) is 6.23 Å². The van der Waals surface area contributed by atoms with Crippen molar-refractivity contribution in [3.8, 4) is 0 Å². The molecule has 3 atom stereocenters. The molecular weight excluding hydrogens is 1390 g/mol. The maximum Gasteiger partial charge on any atom is 0.500 e. The highest BCUT2D eigenvalue weighted by atomic mass is 35.7. The van der Waals surface area contributed by atoms with E-state index in [0.717, 1.165) is 206 Å². The maximum atomic E-state index is 15.0. The minimum atomic E-state index is -4.13. The van der Waals surface area contributed by atoms with Gasteiger partial charge in [0.05, 0.1) is 4.90 Å². The fourth-order valence-electron chi connectivity index (χ4n) is 18.2. The monoisotopic (exact) mass is 1480 g/mol. The van der Waals surface area contributed by atoms with Gasteiger partial charge < -0.3 is 18.4 Å². The van der Waals surface area contributed by atoms with Gasteiger partial charge >= 0.3 is 8.80 Å². The second-order valence-corrected chi connectivity index (χ2v) is 35.2. The molecule has 4 heterocycles. The first-order chi connectivity index (χ1) is 51.4. The molecule has 0 aromatic heterocycles. The van der Waals surface area contributed by atoms with Gasteiger partial charge in [-0.1, -0.05) is 190 Å². The zero-order valence-electron chi connectivity index (χ0n) is 60.9. The average molecular weight is 1480 g/mol. The molecule has 1 N–H and O–H groups in total. The SMILES string of the molecule is CCCCCCC(CCCCCCCCCCCCC(CCCCCC)N1C(=O)c2ccc3c4ccc5c6c(ccc(c7ccc(c2c37)C1=O)c64)C(O)N(c1cccc(S(=O)(=O)Cl)c1)C5=O)N1C(=O)c2ccc3c4ccc5c6c(ccc(c7ccc(c2c37)C1=O)c64)C(=O)N(CCC[Si](OC)(OC)OC)C5=O. The van der Waals surface area contributed by atoms with Crippen LogP contribution in [-0.4, -0.2) is 118 Å². The molecule has 0 saturated heterocycles. The number of anilines is 1. The fourth-order valence-corrected chi connectivity index (χ4v) is 20.7. The molecule has 4 aliphatic heterocycles. The van der Waals surface area contributed by atoms with E-state index < -0.39 is 30.0 Å². The molecule has 548 valence electrons. The molecule has 0 radical (unpaired) electrons. The Labute approximate surface area is 622 Å². The molecule has 0 bridgehead atoms. The molecule has 11 aromatic carbocycles. The quantitative estimate of drug-likeness (QED) is 0.00993. The van der Waals surface area contributed by atoms with Crippen molar-refractivity contribution in [2.45, 2.75) is 191 Å². The molecule has 0 spiro atoms. The number of unbranched alkanes of at least 4 members (excludes halogenated alkanes) is 15. The smallest absolute Gasteiger partial charge is 0.377 e. The van der Waals surface area contributed by atoms with Crippen molar-refractivity contribution in [3.63, 3.8) is 0 Å². The van der Waals surface area contributed by atoms with Crippen LogP contribution in [0.15, 0.2) is 126 Å². The Hall–Kier alpha value is -8.79. The lowest BCUT2D eigenvalue weighted by molar-refractivity contribution is 0.0501. The number of fused-ring (bicyclic) bond motifs is 4. The highest BCUT2D eigenvalue weighted by molar-refractivity contribution is 8.13. The number of imide groups is 3. The summed E-state index contributed by atoms with van der Waals surface area (Å²) in [7, 11) is 3.26. The standard InChI is InChI=1S/C86H89ClN4O13SSi/c1-6-8-10-20-26-51(89-81(94)65-42-34-57-55-32-40-63-75-64(80(93)88(79(63)92)48-25-49-106(102-3,103-4)104-5)41-33-56(71(55)75)58-35-43-66(82(89)95)76(65)72(57)58)28-22-18-16-14-12-13-15-17-19-23-29-52(27-21-11-9-7-2)90-83(96)67-44-36-59-61-38-46-69-78-70(86(99)91(85(69)98)53-30-24-31-54(50-53)105(87,100)101)47-39-62(74(61)78)60-37-45-68(84(90)97)77(67)73(59)60/h24,30-47,50-52,85,98H,6-23,25-29,48-49H2,1-5H3. The van der Waals surface area contributed by atoms with Crippen LogP contribution in [0.25, 0.3) is 86.2 Å². The van der Waals surface area contributed by atoms with Crippen molar-refractivity contribution >= 4 is 162 Å². The highest BCUT2D eigenvalue weighted by Gasteiger charge is 2.44. The molecule has 17 nitrogen and oxygen atoms in total. The van der Waals surface area contributed by atoms with E-state index in [1.807, 2.05) is 72.8 Å². The Morgan fingerprint density at radius 3 is 1.07 bits per heavy atom. The van der Waals surface area contributed by atoms with E-state index in [1.54, 1.807) is 61.5 Å². The van der Waals surface area contributed by atoms with Crippen molar-refractivity contribution in [1.82, 2.24) is 14.7 Å². The number of aliphatic hydroxyl groups excluding tert-OH is 1. The number of benzene rings is 11. The third-order valence-corrected chi connectivity index (χ3v) is 27.8. The number of amides is 7. The number of rotatable bonds is 34. The van der Waals surface area contributed by atoms with Gasteiger partial charge in [0.1, 0.15) is 0 Å². The maximum absolute atomic E-state index is 15.0. The molecule has 0 saturated carbocycles. The van der Waals surface area contributed by atoms with Crippen molar-refractivity contribution in [2.24, 2.45) is 0 Å².